The average Bonchev–Trinajstić information content (AvgIpc) is 2.51. The van der Waals surface area contributed by atoms with Gasteiger partial charge in [-0.05, 0) is 6.26 Å². The Labute approximate surface area is 84.2 Å². The van der Waals surface area contributed by atoms with Gasteiger partial charge in [-0.25, -0.2) is 10.2 Å². The molecule has 70 valence electrons. The van der Waals surface area contributed by atoms with E-state index in [0.717, 1.165) is 10.5 Å². The number of primary amides is 1. The van der Waals surface area contributed by atoms with Gasteiger partial charge in [-0.2, -0.15) is 16.4 Å². The van der Waals surface area contributed by atoms with E-state index in [1.54, 1.807) is 29.3 Å². The van der Waals surface area contributed by atoms with E-state index in [4.69, 9.17) is 5.73 Å². The molecule has 0 saturated heterocycles. The van der Waals surface area contributed by atoms with Crippen LogP contribution in [-0.4, -0.2) is 18.5 Å². The van der Waals surface area contributed by atoms with Crippen molar-refractivity contribution in [1.29, 1.82) is 0 Å². The van der Waals surface area contributed by atoms with Crippen LogP contribution in [0.1, 0.15) is 5.56 Å². The summed E-state index contributed by atoms with van der Waals surface area (Å²) < 4.78 is 0. The molecule has 4 nitrogen and oxygen atoms in total. The first-order valence-electron chi connectivity index (χ1n) is 3.42. The fraction of sp³-hybridized carbons (Fsp3) is 0.143. The Bertz CT molecular complexity index is 321. The number of nitrogens with two attached hydrogens (primary N) is 1. The number of hydrogen-bond acceptors (Lipinski definition) is 4. The third kappa shape index (κ3) is 3.08. The summed E-state index contributed by atoms with van der Waals surface area (Å²) in [5.74, 6) is 0. The number of carbonyl (C=O) groups is 1. The number of nitrogens with zero attached hydrogens (tertiary/aromatic N) is 1. The Kier molecular flexibility index (Phi) is 3.78. The second-order valence-electron chi connectivity index (χ2n) is 2.13. The molecule has 1 heterocycles. The zero-order valence-corrected chi connectivity index (χ0v) is 8.61. The van der Waals surface area contributed by atoms with Crippen LogP contribution in [0, 0.1) is 0 Å². The number of thiophene rings is 1. The number of hydrogen-bond donors (Lipinski definition) is 2. The van der Waals surface area contributed by atoms with Gasteiger partial charge in [0.15, 0.2) is 0 Å². The maximum Gasteiger partial charge on any atom is 0.332 e. The van der Waals surface area contributed by atoms with E-state index in [2.05, 4.69) is 10.5 Å². The molecule has 0 atom stereocenters. The van der Waals surface area contributed by atoms with E-state index in [0.29, 0.717) is 0 Å². The highest BCUT2D eigenvalue weighted by Crippen LogP contribution is 2.22. The second kappa shape index (κ2) is 4.88. The van der Waals surface area contributed by atoms with Gasteiger partial charge in [0.1, 0.15) is 0 Å². The fourth-order valence-corrected chi connectivity index (χ4v) is 2.36. The van der Waals surface area contributed by atoms with Crippen LogP contribution in [-0.2, 0) is 0 Å². The Hall–Kier alpha value is -1.01. The minimum absolute atomic E-state index is 0.655. The minimum Gasteiger partial charge on any atom is -0.350 e. The van der Waals surface area contributed by atoms with Crippen LogP contribution in [0.15, 0.2) is 20.8 Å². The molecule has 1 aromatic rings. The highest BCUT2D eigenvalue weighted by Gasteiger charge is 1.98. The molecule has 2 amide bonds. The van der Waals surface area contributed by atoms with Crippen molar-refractivity contribution >= 4 is 35.3 Å². The van der Waals surface area contributed by atoms with E-state index < -0.39 is 6.03 Å². The Morgan fingerprint density at radius 3 is 3.15 bits per heavy atom. The highest BCUT2D eigenvalue weighted by atomic mass is 32.2. The van der Waals surface area contributed by atoms with Crippen LogP contribution in [0.2, 0.25) is 0 Å². The lowest BCUT2D eigenvalue weighted by molar-refractivity contribution is 0.249. The van der Waals surface area contributed by atoms with Crippen LogP contribution in [0.4, 0.5) is 4.79 Å². The maximum atomic E-state index is 10.3. The van der Waals surface area contributed by atoms with Crippen LogP contribution in [0.25, 0.3) is 0 Å². The number of hydrazone groups is 1. The van der Waals surface area contributed by atoms with Gasteiger partial charge < -0.3 is 5.73 Å². The number of rotatable bonds is 3. The summed E-state index contributed by atoms with van der Waals surface area (Å²) in [6.45, 7) is 0. The molecular formula is C7H9N3OS2. The van der Waals surface area contributed by atoms with Crippen LogP contribution in [0.5, 0.6) is 0 Å². The predicted molar refractivity (Wildman–Crippen MR) is 56.4 cm³/mol. The number of nitrogens with one attached hydrogen (secondary N) is 1. The van der Waals surface area contributed by atoms with Gasteiger partial charge >= 0.3 is 6.03 Å². The van der Waals surface area contributed by atoms with Gasteiger partial charge in [0.25, 0.3) is 0 Å². The molecule has 0 bridgehead atoms. The van der Waals surface area contributed by atoms with Crippen molar-refractivity contribution in [2.75, 3.05) is 6.26 Å². The van der Waals surface area contributed by atoms with E-state index >= 15 is 0 Å². The van der Waals surface area contributed by atoms with Gasteiger partial charge in [-0.1, -0.05) is 0 Å². The Balaban J connectivity index is 2.62. The molecule has 0 fully saturated rings. The van der Waals surface area contributed by atoms with Crippen LogP contribution < -0.4 is 11.2 Å². The fourth-order valence-electron chi connectivity index (χ4n) is 0.721. The summed E-state index contributed by atoms with van der Waals surface area (Å²) in [6, 6.07) is -0.655. The third-order valence-electron chi connectivity index (χ3n) is 1.25. The van der Waals surface area contributed by atoms with Gasteiger partial charge in [-0.3, -0.25) is 0 Å². The molecule has 3 N–H and O–H groups in total. The van der Waals surface area contributed by atoms with Crippen LogP contribution >= 0.6 is 23.1 Å². The van der Waals surface area contributed by atoms with Gasteiger partial charge in [0.05, 0.1) is 6.21 Å². The molecule has 1 aromatic heterocycles. The molecular weight excluding hydrogens is 206 g/mol. The first-order valence-corrected chi connectivity index (χ1v) is 5.59. The molecule has 0 saturated carbocycles. The normalized spacial score (nSPS) is 10.5. The summed E-state index contributed by atoms with van der Waals surface area (Å²) in [7, 11) is 0. The van der Waals surface area contributed by atoms with Crippen molar-refractivity contribution in [3.8, 4) is 0 Å². The summed E-state index contributed by atoms with van der Waals surface area (Å²) in [6.07, 6.45) is 3.56. The summed E-state index contributed by atoms with van der Waals surface area (Å²) >= 11 is 3.23. The van der Waals surface area contributed by atoms with Crippen molar-refractivity contribution in [3.63, 3.8) is 0 Å². The Morgan fingerprint density at radius 2 is 2.54 bits per heavy atom. The molecule has 6 heteroatoms. The summed E-state index contributed by atoms with van der Waals surface area (Å²) in [5.41, 5.74) is 7.97. The summed E-state index contributed by atoms with van der Waals surface area (Å²) in [4.78, 5) is 11.4. The smallest absolute Gasteiger partial charge is 0.332 e. The van der Waals surface area contributed by atoms with Crippen molar-refractivity contribution in [2.24, 2.45) is 10.8 Å². The molecule has 0 aliphatic heterocycles. The van der Waals surface area contributed by atoms with E-state index in [-0.39, 0.29) is 0 Å². The lowest BCUT2D eigenvalue weighted by atomic mass is 10.4. The number of amides is 2. The quantitative estimate of drug-likeness (QED) is 0.455. The largest absolute Gasteiger partial charge is 0.350 e. The van der Waals surface area contributed by atoms with E-state index in [9.17, 15) is 4.79 Å². The molecule has 0 radical (unpaired) electrons. The standard InChI is InChI=1S/C7H9N3OS2/c1-12-6-4-13-3-5(6)2-9-10-7(8)11/h2-4H,1H3,(H3,8,10,11)/b9-2+. The molecule has 13 heavy (non-hydrogen) atoms. The Morgan fingerprint density at radius 1 is 1.77 bits per heavy atom. The maximum absolute atomic E-state index is 10.3. The predicted octanol–water partition coefficient (Wildman–Crippen LogP) is 1.47. The van der Waals surface area contributed by atoms with Crippen molar-refractivity contribution in [3.05, 3.63) is 16.3 Å². The zero-order chi connectivity index (χ0) is 9.68. The number of thioether (sulfide) groups is 1. The molecule has 0 aliphatic carbocycles. The van der Waals surface area contributed by atoms with Gasteiger partial charge in [0, 0.05) is 21.2 Å². The lowest BCUT2D eigenvalue weighted by Crippen LogP contribution is -2.24. The first kappa shape index (κ1) is 10.1. The van der Waals surface area contributed by atoms with Crippen molar-refractivity contribution in [1.82, 2.24) is 5.43 Å². The topological polar surface area (TPSA) is 67.5 Å². The number of urea groups is 1. The minimum atomic E-state index is -0.655. The lowest BCUT2D eigenvalue weighted by Gasteiger charge is -1.93. The van der Waals surface area contributed by atoms with Crippen LogP contribution in [0.3, 0.4) is 0 Å². The molecule has 0 unspecified atom stereocenters. The second-order valence-corrected chi connectivity index (χ2v) is 3.72. The molecule has 0 spiro atoms. The molecule has 0 aliphatic rings. The zero-order valence-electron chi connectivity index (χ0n) is 6.98. The average molecular weight is 215 g/mol. The summed E-state index contributed by atoms with van der Waals surface area (Å²) in [5, 5.41) is 7.65. The van der Waals surface area contributed by atoms with Gasteiger partial charge in [-0.15, -0.1) is 11.8 Å². The first-order chi connectivity index (χ1) is 6.24. The van der Waals surface area contributed by atoms with E-state index in [1.165, 1.54) is 0 Å². The SMILES string of the molecule is CSc1cscc1/C=N/NC(N)=O. The molecule has 1 rings (SSSR count). The molecule has 0 aromatic carbocycles. The van der Waals surface area contributed by atoms with Crippen molar-refractivity contribution in [2.45, 2.75) is 4.90 Å². The monoisotopic (exact) mass is 215 g/mol. The highest BCUT2D eigenvalue weighted by molar-refractivity contribution is 7.98. The third-order valence-corrected chi connectivity index (χ3v) is 2.96. The van der Waals surface area contributed by atoms with Gasteiger partial charge in [0.2, 0.25) is 0 Å². The number of carbonyl (C=O) groups excluding carboxylic acids is 1. The van der Waals surface area contributed by atoms with E-state index in [1.807, 2.05) is 17.0 Å². The van der Waals surface area contributed by atoms with Crippen molar-refractivity contribution < 1.29 is 4.79 Å².